The Bertz CT molecular complexity index is 1150. The fraction of sp³-hybridized carbons (Fsp3) is 0.821. The molecule has 12 heteroatoms. The predicted octanol–water partition coefficient (Wildman–Crippen LogP) is 2.48. The molecule has 5 fully saturated rings. The van der Waals surface area contributed by atoms with Crippen molar-refractivity contribution in [3.8, 4) is 6.07 Å². The fourth-order valence-corrected chi connectivity index (χ4v) is 6.96. The van der Waals surface area contributed by atoms with E-state index >= 15 is 0 Å². The summed E-state index contributed by atoms with van der Waals surface area (Å²) in [6.45, 7) is 9.67. The molecular weight excluding hydrogens is 524 g/mol. The molecule has 1 spiro atoms. The summed E-state index contributed by atoms with van der Waals surface area (Å²) in [7, 11) is 0. The summed E-state index contributed by atoms with van der Waals surface area (Å²) >= 11 is 0. The lowest BCUT2D eigenvalue weighted by molar-refractivity contribution is -0.148. The smallest absolute Gasteiger partial charge is 0.408 e. The van der Waals surface area contributed by atoms with E-state index in [-0.39, 0.29) is 41.0 Å². The van der Waals surface area contributed by atoms with Gasteiger partial charge < -0.3 is 25.6 Å². The van der Waals surface area contributed by atoms with Crippen LogP contribution in [0.1, 0.15) is 73.1 Å². The average molecular weight is 564 g/mol. The lowest BCUT2D eigenvalue weighted by Gasteiger charge is -2.38. The average Bonchev–Trinajstić information content (AvgIpc) is 3.53. The second-order valence-corrected chi connectivity index (χ2v) is 14.2. The Morgan fingerprint density at radius 2 is 1.82 bits per heavy atom. The maximum absolute atomic E-state index is 13.9. The zero-order chi connectivity index (χ0) is 29.4. The highest BCUT2D eigenvalue weighted by Crippen LogP contribution is 2.65. The standard InChI is InChI=1S/C28H39F2N5O5/c1-25(2,3)20(33-24(39)40-16-10-28(29,30)11-16)23(38)35-13-17-18(26(17,4)5)19(35)22(37)32-15(12-31)8-14-9-27(6-7-27)34-21(14)36/h14-20H,6-11,13H2,1-5H3,(H,32,37)(H,33,39)(H,34,36)/t14-,15+,17+,18+,19+,20-/m1/s1. The number of halogens is 2. The number of nitrogens with zero attached hydrogens (tertiary/aromatic N) is 2. The van der Waals surface area contributed by atoms with E-state index in [1.54, 1.807) is 20.8 Å². The van der Waals surface area contributed by atoms with Gasteiger partial charge in [-0.25, -0.2) is 13.6 Å². The van der Waals surface area contributed by atoms with Crippen LogP contribution in [0.3, 0.4) is 0 Å². The van der Waals surface area contributed by atoms with Crippen LogP contribution in [0.2, 0.25) is 0 Å². The number of nitriles is 1. The second kappa shape index (κ2) is 9.28. The van der Waals surface area contributed by atoms with E-state index in [2.05, 4.69) is 22.0 Å². The number of amides is 4. The van der Waals surface area contributed by atoms with Gasteiger partial charge in [0.05, 0.1) is 6.07 Å². The maximum atomic E-state index is 13.9. The molecule has 6 atom stereocenters. The molecule has 220 valence electrons. The molecule has 0 aromatic rings. The first kappa shape index (κ1) is 28.6. The van der Waals surface area contributed by atoms with Crippen LogP contribution in [-0.2, 0) is 19.1 Å². The molecule has 3 saturated carbocycles. The van der Waals surface area contributed by atoms with Crippen LogP contribution in [0.15, 0.2) is 0 Å². The molecule has 10 nitrogen and oxygen atoms in total. The van der Waals surface area contributed by atoms with Gasteiger partial charge in [0, 0.05) is 30.8 Å². The Morgan fingerprint density at radius 3 is 2.35 bits per heavy atom. The van der Waals surface area contributed by atoms with E-state index in [0.29, 0.717) is 13.0 Å². The van der Waals surface area contributed by atoms with E-state index in [9.17, 15) is 33.2 Å². The predicted molar refractivity (Wildman–Crippen MR) is 137 cm³/mol. The first-order valence-electron chi connectivity index (χ1n) is 14.1. The fourth-order valence-electron chi connectivity index (χ4n) is 6.96. The molecule has 2 aliphatic heterocycles. The van der Waals surface area contributed by atoms with E-state index in [1.807, 2.05) is 13.8 Å². The Labute approximate surface area is 232 Å². The lowest BCUT2D eigenvalue weighted by atomic mass is 9.85. The summed E-state index contributed by atoms with van der Waals surface area (Å²) in [6, 6.07) is -0.690. The van der Waals surface area contributed by atoms with Gasteiger partial charge in [-0.15, -0.1) is 0 Å². The minimum Gasteiger partial charge on any atom is -0.446 e. The number of nitrogens with one attached hydrogen (secondary N) is 3. The normalized spacial score (nSPS) is 32.1. The first-order chi connectivity index (χ1) is 18.5. The van der Waals surface area contributed by atoms with Crippen molar-refractivity contribution in [2.75, 3.05) is 6.54 Å². The summed E-state index contributed by atoms with van der Waals surface area (Å²) in [5.41, 5.74) is -1.09. The molecule has 0 aromatic heterocycles. The molecule has 5 aliphatic rings. The number of hydrogen-bond donors (Lipinski definition) is 3. The summed E-state index contributed by atoms with van der Waals surface area (Å²) < 4.78 is 31.5. The number of carbonyl (C=O) groups is 4. The van der Waals surface area contributed by atoms with Crippen LogP contribution in [0.4, 0.5) is 13.6 Å². The number of likely N-dealkylation sites (tertiary alicyclic amines) is 1. The largest absolute Gasteiger partial charge is 0.446 e. The van der Waals surface area contributed by atoms with Gasteiger partial charge in [0.2, 0.25) is 17.7 Å². The highest BCUT2D eigenvalue weighted by atomic mass is 19.3. The SMILES string of the molecule is CC(C)(C)[C@H](NC(=O)OC1CC(F)(F)C1)C(=O)N1C[C@H]2[C@@H]([C@H]1C(=O)N[C@H](C#N)C[C@@H]1CC3(CC3)NC1=O)C2(C)C. The Kier molecular flexibility index (Phi) is 6.62. The maximum Gasteiger partial charge on any atom is 0.408 e. The Balaban J connectivity index is 1.27. The third-order valence-electron chi connectivity index (χ3n) is 9.70. The minimum absolute atomic E-state index is 0.0767. The second-order valence-electron chi connectivity index (χ2n) is 14.2. The number of hydrogen-bond acceptors (Lipinski definition) is 6. The lowest BCUT2D eigenvalue weighted by Crippen LogP contribution is -2.60. The van der Waals surface area contributed by atoms with Gasteiger partial charge in [-0.2, -0.15) is 5.26 Å². The topological polar surface area (TPSA) is 141 Å². The summed E-state index contributed by atoms with van der Waals surface area (Å²) in [5.74, 6) is -4.26. The van der Waals surface area contributed by atoms with Gasteiger partial charge in [0.15, 0.2) is 0 Å². The minimum atomic E-state index is -2.85. The number of piperidine rings is 1. The quantitative estimate of drug-likeness (QED) is 0.435. The molecule has 0 bridgehead atoms. The molecule has 0 aromatic carbocycles. The number of ether oxygens (including phenoxy) is 1. The van der Waals surface area contributed by atoms with E-state index in [0.717, 1.165) is 12.8 Å². The van der Waals surface area contributed by atoms with E-state index in [4.69, 9.17) is 4.74 Å². The van der Waals surface area contributed by atoms with Crippen molar-refractivity contribution >= 4 is 23.8 Å². The summed E-state index contributed by atoms with van der Waals surface area (Å²) in [6.07, 6.45) is -0.253. The van der Waals surface area contributed by atoms with Gasteiger partial charge in [-0.3, -0.25) is 14.4 Å². The van der Waals surface area contributed by atoms with Crippen molar-refractivity contribution in [2.45, 2.75) is 109 Å². The molecular formula is C28H39F2N5O5. The number of alkyl halides is 2. The number of rotatable bonds is 7. The molecule has 0 radical (unpaired) electrons. The molecule has 5 rings (SSSR count). The zero-order valence-electron chi connectivity index (χ0n) is 23.7. The van der Waals surface area contributed by atoms with Crippen LogP contribution >= 0.6 is 0 Å². The third-order valence-corrected chi connectivity index (χ3v) is 9.70. The van der Waals surface area contributed by atoms with Crippen LogP contribution in [0.5, 0.6) is 0 Å². The van der Waals surface area contributed by atoms with E-state index < -0.39 is 66.3 Å². The van der Waals surface area contributed by atoms with E-state index in [1.165, 1.54) is 4.90 Å². The zero-order valence-corrected chi connectivity index (χ0v) is 23.7. The van der Waals surface area contributed by atoms with Crippen molar-refractivity contribution in [1.82, 2.24) is 20.9 Å². The van der Waals surface area contributed by atoms with Gasteiger partial charge in [0.1, 0.15) is 24.2 Å². The van der Waals surface area contributed by atoms with Crippen molar-refractivity contribution in [1.29, 1.82) is 5.26 Å². The summed E-state index contributed by atoms with van der Waals surface area (Å²) in [5, 5.41) is 18.2. The molecule has 2 heterocycles. The number of alkyl carbamates (subject to hydrolysis) is 1. The number of fused-ring (bicyclic) bond motifs is 1. The third kappa shape index (κ3) is 5.23. The highest BCUT2D eigenvalue weighted by molar-refractivity contribution is 5.93. The van der Waals surface area contributed by atoms with Crippen LogP contribution in [0.25, 0.3) is 0 Å². The monoisotopic (exact) mass is 563 g/mol. The summed E-state index contributed by atoms with van der Waals surface area (Å²) in [4.78, 5) is 54.0. The van der Waals surface area contributed by atoms with Gasteiger partial charge in [-0.1, -0.05) is 34.6 Å². The van der Waals surface area contributed by atoms with Gasteiger partial charge >= 0.3 is 6.09 Å². The Hall–Kier alpha value is -2.97. The molecule has 0 unspecified atom stereocenters. The van der Waals surface area contributed by atoms with Crippen molar-refractivity contribution < 1.29 is 32.7 Å². The van der Waals surface area contributed by atoms with Gasteiger partial charge in [0.25, 0.3) is 5.92 Å². The Morgan fingerprint density at radius 1 is 1.18 bits per heavy atom. The first-order valence-corrected chi connectivity index (χ1v) is 14.1. The molecule has 3 aliphatic carbocycles. The van der Waals surface area contributed by atoms with Crippen molar-refractivity contribution in [3.05, 3.63) is 0 Å². The molecule has 4 amide bonds. The van der Waals surface area contributed by atoms with Crippen LogP contribution in [-0.4, -0.2) is 71.0 Å². The number of carbonyl (C=O) groups excluding carboxylic acids is 4. The highest BCUT2D eigenvalue weighted by Gasteiger charge is 2.70. The molecule has 40 heavy (non-hydrogen) atoms. The van der Waals surface area contributed by atoms with Crippen LogP contribution < -0.4 is 16.0 Å². The van der Waals surface area contributed by atoms with Crippen LogP contribution in [0, 0.1) is 39.9 Å². The molecule has 2 saturated heterocycles. The molecule has 3 N–H and O–H groups in total. The van der Waals surface area contributed by atoms with Crippen molar-refractivity contribution in [2.24, 2.45) is 28.6 Å². The van der Waals surface area contributed by atoms with Gasteiger partial charge in [-0.05, 0) is 48.3 Å². The van der Waals surface area contributed by atoms with Crippen molar-refractivity contribution in [3.63, 3.8) is 0 Å².